The lowest BCUT2D eigenvalue weighted by atomic mass is 9.89. The number of para-hydroxylation sites is 2. The number of hydrogen-bond donors (Lipinski definition) is 0. The maximum Gasteiger partial charge on any atom is 0.160 e. The van der Waals surface area contributed by atoms with Crippen molar-refractivity contribution in [3.8, 4) is 61.8 Å². The lowest BCUT2D eigenvalue weighted by molar-refractivity contribution is 1.17. The lowest BCUT2D eigenvalue weighted by Crippen LogP contribution is -1.97. The first-order valence-electron chi connectivity index (χ1n) is 20.8. The topological polar surface area (TPSA) is 30.7 Å². The third-order valence-electron chi connectivity index (χ3n) is 12.2. The first-order valence-corrected chi connectivity index (χ1v) is 20.8. The Morgan fingerprint density at radius 2 is 0.852 bits per heavy atom. The lowest BCUT2D eigenvalue weighted by Gasteiger charge is -2.15. The quantitative estimate of drug-likeness (QED) is 0.124. The molecule has 0 aliphatic heterocycles. The summed E-state index contributed by atoms with van der Waals surface area (Å²) >= 11 is 0. The maximum atomic E-state index is 5.36. The molecule has 0 saturated carbocycles. The van der Waals surface area contributed by atoms with E-state index in [-0.39, 0.29) is 0 Å². The Morgan fingerprint density at radius 3 is 1.66 bits per heavy atom. The molecule has 0 amide bonds. The van der Waals surface area contributed by atoms with Crippen LogP contribution in [0, 0.1) is 0 Å². The van der Waals surface area contributed by atoms with Crippen molar-refractivity contribution in [3.05, 3.63) is 224 Å². The molecule has 10 aromatic carbocycles. The molecule has 0 spiro atoms. The molecule has 0 radical (unpaired) electrons. The summed E-state index contributed by atoms with van der Waals surface area (Å²) in [5.74, 6) is 0.682. The molecule has 61 heavy (non-hydrogen) atoms. The van der Waals surface area contributed by atoms with E-state index in [1.807, 2.05) is 0 Å². The molecular formula is C58H37N3. The highest BCUT2D eigenvalue weighted by Gasteiger charge is 2.17. The Morgan fingerprint density at radius 1 is 0.279 bits per heavy atom. The molecule has 284 valence electrons. The van der Waals surface area contributed by atoms with Gasteiger partial charge in [0, 0.05) is 33.2 Å². The molecule has 0 saturated heterocycles. The predicted molar refractivity (Wildman–Crippen MR) is 256 cm³/mol. The smallest absolute Gasteiger partial charge is 0.160 e. The molecule has 3 nitrogen and oxygen atoms in total. The molecule has 0 bridgehead atoms. The number of benzene rings is 10. The zero-order valence-electron chi connectivity index (χ0n) is 33.2. The van der Waals surface area contributed by atoms with Gasteiger partial charge in [0.25, 0.3) is 0 Å². The molecule has 0 N–H and O–H groups in total. The van der Waals surface area contributed by atoms with Crippen LogP contribution < -0.4 is 0 Å². The van der Waals surface area contributed by atoms with Crippen molar-refractivity contribution in [3.63, 3.8) is 0 Å². The Balaban J connectivity index is 1.04. The molecule has 0 fully saturated rings. The highest BCUT2D eigenvalue weighted by atomic mass is 15.0. The number of hydrogen-bond acceptors (Lipinski definition) is 2. The first-order chi connectivity index (χ1) is 30.2. The average Bonchev–Trinajstić information content (AvgIpc) is 3.67. The molecule has 0 unspecified atom stereocenters. The van der Waals surface area contributed by atoms with E-state index in [2.05, 4.69) is 229 Å². The van der Waals surface area contributed by atoms with Gasteiger partial charge in [-0.25, -0.2) is 9.97 Å². The van der Waals surface area contributed by atoms with Crippen LogP contribution in [0.2, 0.25) is 0 Å². The van der Waals surface area contributed by atoms with E-state index in [0.29, 0.717) is 5.82 Å². The van der Waals surface area contributed by atoms with Crippen LogP contribution in [0.3, 0.4) is 0 Å². The highest BCUT2D eigenvalue weighted by Crippen LogP contribution is 2.41. The van der Waals surface area contributed by atoms with Gasteiger partial charge in [-0.05, 0) is 97.0 Å². The minimum Gasteiger partial charge on any atom is -0.309 e. The van der Waals surface area contributed by atoms with E-state index in [1.54, 1.807) is 0 Å². The Kier molecular flexibility index (Phi) is 8.17. The van der Waals surface area contributed by atoms with E-state index >= 15 is 0 Å². The van der Waals surface area contributed by atoms with Crippen LogP contribution in [0.15, 0.2) is 224 Å². The van der Waals surface area contributed by atoms with Gasteiger partial charge in [-0.3, -0.25) is 0 Å². The van der Waals surface area contributed by atoms with E-state index < -0.39 is 0 Å². The number of fused-ring (bicyclic) bond motifs is 7. The predicted octanol–water partition coefficient (Wildman–Crippen LogP) is 15.4. The third kappa shape index (κ3) is 5.98. The van der Waals surface area contributed by atoms with Crippen LogP contribution in [0.1, 0.15) is 0 Å². The fraction of sp³-hybridized carbons (Fsp3) is 0. The first kappa shape index (κ1) is 34.9. The molecular weight excluding hydrogens is 739 g/mol. The van der Waals surface area contributed by atoms with Crippen molar-refractivity contribution in [1.29, 1.82) is 0 Å². The summed E-state index contributed by atoms with van der Waals surface area (Å²) in [6.45, 7) is 0. The average molecular weight is 776 g/mol. The minimum atomic E-state index is 0.682. The normalized spacial score (nSPS) is 11.6. The van der Waals surface area contributed by atoms with Gasteiger partial charge in [0.05, 0.1) is 22.4 Å². The standard InChI is InChI=1S/C58H37N3/c1-3-14-38(15-4-1)42-18-13-19-44(34-42)53-37-54(45-31-32-50-49-24-11-12-25-55(49)61(56(50)36-45)46-20-5-2-6-21-46)60-58(59-53)41-28-26-40(27-29-41)57-48-23-10-8-17-43(48)35-52-47-22-9-7-16-39(47)30-33-51(52)57/h1-37H. The number of aromatic nitrogens is 3. The summed E-state index contributed by atoms with van der Waals surface area (Å²) in [6, 6.07) is 80.5. The second-order valence-electron chi connectivity index (χ2n) is 15.8. The minimum absolute atomic E-state index is 0.682. The van der Waals surface area contributed by atoms with Crippen molar-refractivity contribution in [1.82, 2.24) is 14.5 Å². The van der Waals surface area contributed by atoms with Gasteiger partial charge in [-0.1, -0.05) is 182 Å². The van der Waals surface area contributed by atoms with Gasteiger partial charge in [0.1, 0.15) is 0 Å². The van der Waals surface area contributed by atoms with Crippen LogP contribution in [0.5, 0.6) is 0 Å². The van der Waals surface area contributed by atoms with Gasteiger partial charge < -0.3 is 4.57 Å². The summed E-state index contributed by atoms with van der Waals surface area (Å²) in [4.78, 5) is 10.7. The van der Waals surface area contributed by atoms with E-state index in [9.17, 15) is 0 Å². The maximum absolute atomic E-state index is 5.36. The molecule has 3 heteroatoms. The number of nitrogens with zero attached hydrogens (tertiary/aromatic N) is 3. The van der Waals surface area contributed by atoms with Gasteiger partial charge in [0.15, 0.2) is 5.82 Å². The molecule has 12 aromatic rings. The fourth-order valence-corrected chi connectivity index (χ4v) is 9.26. The van der Waals surface area contributed by atoms with Crippen molar-refractivity contribution < 1.29 is 0 Å². The summed E-state index contributed by atoms with van der Waals surface area (Å²) < 4.78 is 2.36. The van der Waals surface area contributed by atoms with Gasteiger partial charge in [-0.15, -0.1) is 0 Å². The Bertz CT molecular complexity index is 3620. The van der Waals surface area contributed by atoms with Crippen LogP contribution in [0.4, 0.5) is 0 Å². The molecule has 0 aliphatic carbocycles. The van der Waals surface area contributed by atoms with Gasteiger partial charge in [-0.2, -0.15) is 0 Å². The third-order valence-corrected chi connectivity index (χ3v) is 12.2. The SMILES string of the molecule is c1ccc(-c2cccc(-c3cc(-c4ccc5c6ccccc6n(-c6ccccc6)c5c4)nc(-c4ccc(-c5c6ccccc6cc6c5ccc5ccccc56)cc4)n3)c2)cc1. The summed E-state index contributed by atoms with van der Waals surface area (Å²) in [5.41, 5.74) is 12.9. The Hall–Kier alpha value is -8.14. The van der Waals surface area contributed by atoms with E-state index in [0.717, 1.165) is 50.4 Å². The summed E-state index contributed by atoms with van der Waals surface area (Å²) in [5, 5.41) is 9.91. The van der Waals surface area contributed by atoms with E-state index in [4.69, 9.17) is 9.97 Å². The zero-order valence-corrected chi connectivity index (χ0v) is 33.2. The summed E-state index contributed by atoms with van der Waals surface area (Å²) in [6.07, 6.45) is 0. The summed E-state index contributed by atoms with van der Waals surface area (Å²) in [7, 11) is 0. The molecule has 2 heterocycles. The highest BCUT2D eigenvalue weighted by molar-refractivity contribution is 6.20. The van der Waals surface area contributed by atoms with Crippen LogP contribution in [-0.4, -0.2) is 14.5 Å². The van der Waals surface area contributed by atoms with Crippen molar-refractivity contribution >= 4 is 54.1 Å². The molecule has 0 aliphatic rings. The second-order valence-corrected chi connectivity index (χ2v) is 15.8. The number of rotatable bonds is 6. The van der Waals surface area contributed by atoms with Crippen LogP contribution in [0.25, 0.3) is 116 Å². The monoisotopic (exact) mass is 775 g/mol. The van der Waals surface area contributed by atoms with Crippen molar-refractivity contribution in [2.45, 2.75) is 0 Å². The van der Waals surface area contributed by atoms with Crippen molar-refractivity contribution in [2.75, 3.05) is 0 Å². The van der Waals surface area contributed by atoms with Crippen LogP contribution >= 0.6 is 0 Å². The zero-order chi connectivity index (χ0) is 40.3. The van der Waals surface area contributed by atoms with Crippen LogP contribution in [-0.2, 0) is 0 Å². The molecule has 12 rings (SSSR count). The van der Waals surface area contributed by atoms with Gasteiger partial charge >= 0.3 is 0 Å². The molecule has 0 atom stereocenters. The van der Waals surface area contributed by atoms with Crippen molar-refractivity contribution in [2.24, 2.45) is 0 Å². The van der Waals surface area contributed by atoms with E-state index in [1.165, 1.54) is 59.7 Å². The van der Waals surface area contributed by atoms with Gasteiger partial charge in [0.2, 0.25) is 0 Å². The fourth-order valence-electron chi connectivity index (χ4n) is 9.26. The molecule has 2 aromatic heterocycles. The second kappa shape index (κ2) is 14.3. The largest absolute Gasteiger partial charge is 0.309 e. The Labute approximate surface area is 353 Å².